The summed E-state index contributed by atoms with van der Waals surface area (Å²) in [6.45, 7) is 4.65. The van der Waals surface area contributed by atoms with Gasteiger partial charge in [-0.15, -0.1) is 0 Å². The van der Waals surface area contributed by atoms with E-state index in [0.717, 1.165) is 27.6 Å². The van der Waals surface area contributed by atoms with Crippen molar-refractivity contribution in [3.63, 3.8) is 0 Å². The molecule has 0 spiro atoms. The third-order valence-corrected chi connectivity index (χ3v) is 10.7. The van der Waals surface area contributed by atoms with Gasteiger partial charge in [-0.1, -0.05) is 135 Å². The van der Waals surface area contributed by atoms with E-state index < -0.39 is 18.1 Å². The van der Waals surface area contributed by atoms with Crippen LogP contribution in [0.15, 0.2) is 162 Å². The van der Waals surface area contributed by atoms with Crippen LogP contribution in [0.1, 0.15) is 31.8 Å². The fraction of sp³-hybridized carbons (Fsp3) is 0.0625. The number of furan rings is 1. The van der Waals surface area contributed by atoms with Gasteiger partial charge in [-0.2, -0.15) is 0 Å². The lowest BCUT2D eigenvalue weighted by Crippen LogP contribution is -2.16. The Morgan fingerprint density at radius 3 is 2.11 bits per heavy atom. The normalized spacial score (nSPS) is 14.6. The Morgan fingerprint density at radius 1 is 0.547 bits per heavy atom. The summed E-state index contributed by atoms with van der Waals surface area (Å²) in [7, 11) is 0. The predicted molar refractivity (Wildman–Crippen MR) is 215 cm³/mol. The second-order valence-corrected chi connectivity index (χ2v) is 14.1. The zero-order valence-electron chi connectivity index (χ0n) is 33.8. The predicted octanol–water partition coefficient (Wildman–Crippen LogP) is 12.2. The van der Waals surface area contributed by atoms with E-state index in [4.69, 9.17) is 21.2 Å². The standard InChI is InChI=1S/C48H32N4O/c1-48(2)39-19-11-9-17-33(39)36-24-25-37-34-18-10-12-20-40(34)52(44(37)43(36)48)32-22-26-41-38(28-32)35-23-21-31(27-42(35)53-41)47-50-45(29-13-5-3-6-14-29)49-46(51-47)30-15-7-4-8-16-30/h3-28H,1-2H3/i3D,5D,6D,13D,14D. The molecule has 0 N–H and O–H groups in total. The first-order valence-electron chi connectivity index (χ1n) is 20.1. The van der Waals surface area contributed by atoms with Gasteiger partial charge in [-0.25, -0.2) is 15.0 Å². The molecule has 1 aliphatic carbocycles. The highest BCUT2D eigenvalue weighted by Crippen LogP contribution is 2.53. The van der Waals surface area contributed by atoms with Crippen LogP contribution in [-0.4, -0.2) is 19.5 Å². The minimum atomic E-state index is -0.480. The van der Waals surface area contributed by atoms with Gasteiger partial charge in [0, 0.05) is 49.3 Å². The molecule has 0 saturated heterocycles. The van der Waals surface area contributed by atoms with E-state index in [-0.39, 0.29) is 34.7 Å². The first kappa shape index (κ1) is 25.2. The maximum atomic E-state index is 8.65. The second-order valence-electron chi connectivity index (χ2n) is 14.1. The highest BCUT2D eigenvalue weighted by Gasteiger charge is 2.38. The molecule has 3 aromatic heterocycles. The highest BCUT2D eigenvalue weighted by molar-refractivity contribution is 6.14. The van der Waals surface area contributed by atoms with E-state index in [0.29, 0.717) is 22.5 Å². The highest BCUT2D eigenvalue weighted by atomic mass is 16.3. The summed E-state index contributed by atoms with van der Waals surface area (Å²) in [5, 5.41) is 4.29. The fourth-order valence-corrected chi connectivity index (χ4v) is 8.32. The molecule has 0 fully saturated rings. The van der Waals surface area contributed by atoms with E-state index in [9.17, 15) is 0 Å². The Kier molecular flexibility index (Phi) is 5.26. The molecule has 5 nitrogen and oxygen atoms in total. The minimum Gasteiger partial charge on any atom is -0.456 e. The third kappa shape index (κ3) is 4.40. The van der Waals surface area contributed by atoms with Gasteiger partial charge >= 0.3 is 0 Å². The van der Waals surface area contributed by atoms with Crippen LogP contribution in [0.2, 0.25) is 0 Å². The Balaban J connectivity index is 1.10. The Morgan fingerprint density at radius 2 is 1.26 bits per heavy atom. The van der Waals surface area contributed by atoms with E-state index >= 15 is 0 Å². The lowest BCUT2D eigenvalue weighted by Gasteiger charge is -2.23. The van der Waals surface area contributed by atoms with Crippen LogP contribution in [0.3, 0.4) is 0 Å². The summed E-state index contributed by atoms with van der Waals surface area (Å²) < 4.78 is 50.9. The largest absolute Gasteiger partial charge is 0.456 e. The average molecular weight is 686 g/mol. The zero-order valence-corrected chi connectivity index (χ0v) is 28.8. The molecule has 5 heteroatoms. The van der Waals surface area contributed by atoms with Crippen molar-refractivity contribution in [1.82, 2.24) is 19.5 Å². The van der Waals surface area contributed by atoms with Crippen molar-refractivity contribution in [2.24, 2.45) is 0 Å². The van der Waals surface area contributed by atoms with Crippen LogP contribution in [-0.2, 0) is 5.41 Å². The van der Waals surface area contributed by atoms with Crippen molar-refractivity contribution in [2.75, 3.05) is 0 Å². The molecule has 53 heavy (non-hydrogen) atoms. The molecule has 250 valence electrons. The Hall–Kier alpha value is -6.85. The molecule has 0 saturated carbocycles. The molecule has 0 bridgehead atoms. The van der Waals surface area contributed by atoms with Gasteiger partial charge < -0.3 is 8.98 Å². The number of fused-ring (bicyclic) bond motifs is 10. The van der Waals surface area contributed by atoms with Crippen LogP contribution in [0.5, 0.6) is 0 Å². The number of hydrogen-bond donors (Lipinski definition) is 0. The number of hydrogen-bond acceptors (Lipinski definition) is 4. The van der Waals surface area contributed by atoms with Gasteiger partial charge in [0.15, 0.2) is 17.5 Å². The molecule has 10 aromatic rings. The van der Waals surface area contributed by atoms with E-state index in [1.54, 1.807) is 0 Å². The van der Waals surface area contributed by atoms with Crippen molar-refractivity contribution in [3.05, 3.63) is 169 Å². The number of benzene rings is 7. The summed E-state index contributed by atoms with van der Waals surface area (Å²) in [6, 6.07) is 41.2. The first-order valence-corrected chi connectivity index (χ1v) is 17.6. The lowest BCUT2D eigenvalue weighted by atomic mass is 9.81. The van der Waals surface area contributed by atoms with Crippen molar-refractivity contribution in [3.8, 4) is 51.0 Å². The van der Waals surface area contributed by atoms with Crippen molar-refractivity contribution in [2.45, 2.75) is 19.3 Å². The molecule has 0 amide bonds. The van der Waals surface area contributed by atoms with Gasteiger partial charge in [-0.3, -0.25) is 0 Å². The van der Waals surface area contributed by atoms with Gasteiger partial charge in [0.2, 0.25) is 0 Å². The topological polar surface area (TPSA) is 56.7 Å². The van der Waals surface area contributed by atoms with E-state index in [1.165, 1.54) is 38.5 Å². The fourth-order valence-electron chi connectivity index (χ4n) is 8.32. The first-order chi connectivity index (χ1) is 28.1. The minimum absolute atomic E-state index is 0.0147. The van der Waals surface area contributed by atoms with Crippen molar-refractivity contribution < 1.29 is 11.3 Å². The molecule has 0 atom stereocenters. The quantitative estimate of drug-likeness (QED) is 0.185. The Bertz CT molecular complexity index is 3360. The summed E-state index contributed by atoms with van der Waals surface area (Å²) in [6.07, 6.45) is 0. The molecule has 7 aromatic carbocycles. The van der Waals surface area contributed by atoms with Gasteiger partial charge in [-0.05, 0) is 58.7 Å². The summed E-state index contributed by atoms with van der Waals surface area (Å²) in [5.41, 5.74) is 10.9. The monoisotopic (exact) mass is 685 g/mol. The molecule has 11 rings (SSSR count). The van der Waals surface area contributed by atoms with Crippen LogP contribution in [0, 0.1) is 0 Å². The molecular formula is C48H32N4O. The molecular weight excluding hydrogens is 649 g/mol. The molecule has 3 heterocycles. The van der Waals surface area contributed by atoms with Crippen molar-refractivity contribution in [1.29, 1.82) is 0 Å². The van der Waals surface area contributed by atoms with E-state index in [2.05, 4.69) is 96.2 Å². The Labute approximate surface area is 312 Å². The maximum absolute atomic E-state index is 8.65. The van der Waals surface area contributed by atoms with Crippen LogP contribution < -0.4 is 0 Å². The van der Waals surface area contributed by atoms with Crippen LogP contribution >= 0.6 is 0 Å². The number of aromatic nitrogens is 4. The SMILES string of the molecule is [2H]c1c([2H])c([2H])c(-c2nc(-c3ccccc3)nc(-c3ccc4c(c3)oc3ccc(-n5c6ccccc6c6ccc7c(c65)C(C)(C)c5ccccc5-7)cc34)n2)c([2H])c1[2H]. The number of rotatable bonds is 4. The second kappa shape index (κ2) is 11.1. The summed E-state index contributed by atoms with van der Waals surface area (Å²) in [4.78, 5) is 14.2. The zero-order chi connectivity index (χ0) is 39.6. The third-order valence-electron chi connectivity index (χ3n) is 10.7. The molecule has 1 aliphatic rings. The average Bonchev–Trinajstić information content (AvgIpc) is 3.87. The van der Waals surface area contributed by atoms with Crippen molar-refractivity contribution >= 4 is 43.7 Å². The van der Waals surface area contributed by atoms with Gasteiger partial charge in [0.1, 0.15) is 11.2 Å². The van der Waals surface area contributed by atoms with Crippen LogP contribution in [0.25, 0.3) is 94.7 Å². The van der Waals surface area contributed by atoms with Crippen LogP contribution in [0.4, 0.5) is 0 Å². The maximum Gasteiger partial charge on any atom is 0.164 e. The number of nitrogens with zero attached hydrogens (tertiary/aromatic N) is 4. The van der Waals surface area contributed by atoms with Gasteiger partial charge in [0.25, 0.3) is 0 Å². The molecule has 0 aliphatic heterocycles. The molecule has 0 radical (unpaired) electrons. The summed E-state index contributed by atoms with van der Waals surface area (Å²) in [5.74, 6) is 0.575. The molecule has 0 unspecified atom stereocenters. The van der Waals surface area contributed by atoms with Gasteiger partial charge in [0.05, 0.1) is 17.9 Å². The lowest BCUT2D eigenvalue weighted by molar-refractivity contribution is 0.663. The summed E-state index contributed by atoms with van der Waals surface area (Å²) >= 11 is 0. The smallest absolute Gasteiger partial charge is 0.164 e. The van der Waals surface area contributed by atoms with E-state index in [1.807, 2.05) is 54.6 Å². The number of para-hydroxylation sites is 1.